The van der Waals surface area contributed by atoms with Crippen molar-refractivity contribution in [2.45, 2.75) is 33.1 Å². The second kappa shape index (κ2) is 8.87. The smallest absolute Gasteiger partial charge is 0.252 e. The van der Waals surface area contributed by atoms with Crippen molar-refractivity contribution < 1.29 is 4.74 Å². The molecule has 1 aromatic carbocycles. The highest BCUT2D eigenvalue weighted by atomic mass is 35.5. The molecule has 6 nitrogen and oxygen atoms in total. The van der Waals surface area contributed by atoms with Crippen LogP contribution in [0.15, 0.2) is 28.1 Å². The summed E-state index contributed by atoms with van der Waals surface area (Å²) in [6, 6.07) is 4.86. The lowest BCUT2D eigenvalue weighted by atomic mass is 10.1. The Hall–Kier alpha value is -2.05. The zero-order valence-electron chi connectivity index (χ0n) is 14.3. The van der Waals surface area contributed by atoms with E-state index in [1.807, 2.05) is 20.8 Å². The Balaban J connectivity index is 2.14. The summed E-state index contributed by atoms with van der Waals surface area (Å²) in [5.41, 5.74) is 3.84. The molecule has 0 aliphatic heterocycles. The summed E-state index contributed by atoms with van der Waals surface area (Å²) in [6.07, 6.45) is 2.39. The van der Waals surface area contributed by atoms with Crippen LogP contribution in [0.2, 0.25) is 10.0 Å². The first kappa shape index (κ1) is 19.3. The minimum Gasteiger partial charge on any atom is -0.490 e. The summed E-state index contributed by atoms with van der Waals surface area (Å²) < 4.78 is 5.52. The Labute approximate surface area is 156 Å². The molecule has 0 spiro atoms. The van der Waals surface area contributed by atoms with Crippen LogP contribution in [0.1, 0.15) is 44.4 Å². The molecule has 0 bridgehead atoms. The number of hydrogen-bond acceptors (Lipinski definition) is 5. The van der Waals surface area contributed by atoms with Gasteiger partial charge in [0.2, 0.25) is 5.95 Å². The van der Waals surface area contributed by atoms with Crippen molar-refractivity contribution in [2.75, 3.05) is 12.0 Å². The van der Waals surface area contributed by atoms with Crippen molar-refractivity contribution in [3.63, 3.8) is 0 Å². The number of halogens is 2. The second-order valence-corrected chi connectivity index (χ2v) is 6.52. The number of H-pyrrole nitrogens is 1. The van der Waals surface area contributed by atoms with Gasteiger partial charge in [0.25, 0.3) is 5.56 Å². The van der Waals surface area contributed by atoms with E-state index < -0.39 is 0 Å². The highest BCUT2D eigenvalue weighted by molar-refractivity contribution is 6.37. The lowest BCUT2D eigenvalue weighted by molar-refractivity contribution is 0.318. The molecule has 1 aromatic heterocycles. The molecule has 0 aliphatic rings. The molecule has 134 valence electrons. The SMILES string of the molecule is CCCOc1c(Cl)cc(/C=N\Nc2nc(C(C)C)cc(=O)[nH]2)cc1Cl. The maximum Gasteiger partial charge on any atom is 0.252 e. The lowest BCUT2D eigenvalue weighted by Crippen LogP contribution is -2.12. The highest BCUT2D eigenvalue weighted by Gasteiger charge is 2.09. The first-order valence-corrected chi connectivity index (χ1v) is 8.68. The van der Waals surface area contributed by atoms with E-state index in [4.69, 9.17) is 27.9 Å². The predicted molar refractivity (Wildman–Crippen MR) is 102 cm³/mol. The number of nitrogens with one attached hydrogen (secondary N) is 2. The summed E-state index contributed by atoms with van der Waals surface area (Å²) in [6.45, 7) is 6.46. The van der Waals surface area contributed by atoms with E-state index >= 15 is 0 Å². The van der Waals surface area contributed by atoms with E-state index in [-0.39, 0.29) is 17.4 Å². The summed E-state index contributed by atoms with van der Waals surface area (Å²) in [4.78, 5) is 18.5. The van der Waals surface area contributed by atoms with Crippen LogP contribution in [0.4, 0.5) is 5.95 Å². The topological polar surface area (TPSA) is 79.4 Å². The van der Waals surface area contributed by atoms with E-state index in [9.17, 15) is 4.79 Å². The van der Waals surface area contributed by atoms with Gasteiger partial charge in [0.15, 0.2) is 5.75 Å². The van der Waals surface area contributed by atoms with E-state index in [2.05, 4.69) is 20.5 Å². The first-order chi connectivity index (χ1) is 11.9. The number of ether oxygens (including phenoxy) is 1. The predicted octanol–water partition coefficient (Wildman–Crippen LogP) is 4.43. The van der Waals surface area contributed by atoms with Gasteiger partial charge in [-0.1, -0.05) is 44.0 Å². The fourth-order valence-corrected chi connectivity index (χ4v) is 2.60. The number of hydrogen-bond donors (Lipinski definition) is 2. The molecule has 0 saturated carbocycles. The average molecular weight is 383 g/mol. The maximum absolute atomic E-state index is 11.6. The van der Waals surface area contributed by atoms with Gasteiger partial charge < -0.3 is 4.74 Å². The Morgan fingerprint density at radius 1 is 1.32 bits per heavy atom. The standard InChI is InChI=1S/C17H20Cl2N4O2/c1-4-5-25-16-12(18)6-11(7-13(16)19)9-20-23-17-21-14(10(2)3)8-15(24)22-17/h6-10H,4-5H2,1-3H3,(H2,21,22,23,24)/b20-9-. The minimum atomic E-state index is -0.236. The summed E-state index contributed by atoms with van der Waals surface area (Å²) in [7, 11) is 0. The normalized spacial score (nSPS) is 11.3. The number of rotatable bonds is 7. The van der Waals surface area contributed by atoms with Gasteiger partial charge in [-0.3, -0.25) is 9.78 Å². The third-order valence-corrected chi connectivity index (χ3v) is 3.77. The largest absolute Gasteiger partial charge is 0.490 e. The molecule has 0 radical (unpaired) electrons. The molecule has 0 unspecified atom stereocenters. The maximum atomic E-state index is 11.6. The van der Waals surface area contributed by atoms with Crippen molar-refractivity contribution in [2.24, 2.45) is 5.10 Å². The third kappa shape index (κ3) is 5.47. The van der Waals surface area contributed by atoms with Gasteiger partial charge >= 0.3 is 0 Å². The van der Waals surface area contributed by atoms with Crippen LogP contribution < -0.4 is 15.7 Å². The number of hydrazone groups is 1. The van der Waals surface area contributed by atoms with Crippen LogP contribution in [-0.4, -0.2) is 22.8 Å². The molecule has 0 atom stereocenters. The van der Waals surface area contributed by atoms with Crippen LogP contribution in [0, 0.1) is 0 Å². The van der Waals surface area contributed by atoms with Gasteiger partial charge in [0.1, 0.15) is 0 Å². The zero-order valence-corrected chi connectivity index (χ0v) is 15.8. The van der Waals surface area contributed by atoms with E-state index in [0.717, 1.165) is 6.42 Å². The van der Waals surface area contributed by atoms with Crippen molar-refractivity contribution >= 4 is 35.4 Å². The van der Waals surface area contributed by atoms with Crippen LogP contribution in [0.3, 0.4) is 0 Å². The average Bonchev–Trinajstić information content (AvgIpc) is 2.53. The van der Waals surface area contributed by atoms with Crippen LogP contribution in [0.5, 0.6) is 5.75 Å². The van der Waals surface area contributed by atoms with Crippen molar-refractivity contribution in [3.05, 3.63) is 49.9 Å². The molecule has 0 saturated heterocycles. The Morgan fingerprint density at radius 3 is 2.60 bits per heavy atom. The van der Waals surface area contributed by atoms with Crippen molar-refractivity contribution in [1.82, 2.24) is 9.97 Å². The van der Waals surface area contributed by atoms with Gasteiger partial charge in [0, 0.05) is 6.07 Å². The van der Waals surface area contributed by atoms with E-state index in [1.54, 1.807) is 12.1 Å². The van der Waals surface area contributed by atoms with Gasteiger partial charge in [-0.15, -0.1) is 0 Å². The zero-order chi connectivity index (χ0) is 18.4. The number of aromatic amines is 1. The number of nitrogens with zero attached hydrogens (tertiary/aromatic N) is 2. The molecular weight excluding hydrogens is 363 g/mol. The van der Waals surface area contributed by atoms with E-state index in [1.165, 1.54) is 12.3 Å². The fraction of sp³-hybridized carbons (Fsp3) is 0.353. The third-order valence-electron chi connectivity index (χ3n) is 3.21. The minimum absolute atomic E-state index is 0.139. The van der Waals surface area contributed by atoms with Crippen LogP contribution >= 0.6 is 23.2 Å². The van der Waals surface area contributed by atoms with Gasteiger partial charge in [-0.25, -0.2) is 10.4 Å². The molecule has 2 rings (SSSR count). The van der Waals surface area contributed by atoms with Crippen LogP contribution in [0.25, 0.3) is 0 Å². The molecule has 8 heteroatoms. The first-order valence-electron chi connectivity index (χ1n) is 7.93. The van der Waals surface area contributed by atoms with Crippen molar-refractivity contribution in [1.29, 1.82) is 0 Å². The second-order valence-electron chi connectivity index (χ2n) is 5.71. The molecule has 0 fully saturated rings. The highest BCUT2D eigenvalue weighted by Crippen LogP contribution is 2.33. The summed E-state index contributed by atoms with van der Waals surface area (Å²) in [5, 5.41) is 4.89. The molecule has 1 heterocycles. The van der Waals surface area contributed by atoms with Crippen LogP contribution in [-0.2, 0) is 0 Å². The molecule has 0 aliphatic carbocycles. The Kier molecular flexibility index (Phi) is 6.84. The van der Waals surface area contributed by atoms with Crippen molar-refractivity contribution in [3.8, 4) is 5.75 Å². The molecular formula is C17H20Cl2N4O2. The quantitative estimate of drug-likeness (QED) is 0.548. The Morgan fingerprint density at radius 2 is 2.00 bits per heavy atom. The molecule has 0 amide bonds. The summed E-state index contributed by atoms with van der Waals surface area (Å²) >= 11 is 12.4. The number of anilines is 1. The molecule has 2 aromatic rings. The van der Waals surface area contributed by atoms with Gasteiger partial charge in [-0.2, -0.15) is 5.10 Å². The van der Waals surface area contributed by atoms with E-state index in [0.29, 0.717) is 33.7 Å². The lowest BCUT2D eigenvalue weighted by Gasteiger charge is -2.09. The summed E-state index contributed by atoms with van der Waals surface area (Å²) in [5.74, 6) is 0.874. The van der Waals surface area contributed by atoms with Gasteiger partial charge in [0.05, 0.1) is 28.6 Å². The number of aromatic nitrogens is 2. The Bertz CT molecular complexity index is 796. The monoisotopic (exact) mass is 382 g/mol. The number of benzene rings is 1. The van der Waals surface area contributed by atoms with Gasteiger partial charge in [-0.05, 0) is 30.0 Å². The molecule has 25 heavy (non-hydrogen) atoms. The fourth-order valence-electron chi connectivity index (χ4n) is 1.99. The molecule has 2 N–H and O–H groups in total.